The summed E-state index contributed by atoms with van der Waals surface area (Å²) in [6.07, 6.45) is 0. The zero-order valence-electron chi connectivity index (χ0n) is 15.8. The summed E-state index contributed by atoms with van der Waals surface area (Å²) in [5, 5.41) is 4.49. The van der Waals surface area contributed by atoms with Gasteiger partial charge in [0.15, 0.2) is 6.61 Å². The molecule has 0 saturated heterocycles. The van der Waals surface area contributed by atoms with Gasteiger partial charge < -0.3 is 14.2 Å². The second-order valence-corrected chi connectivity index (χ2v) is 7.62. The number of carbonyl (C=O) groups is 2. The first-order chi connectivity index (χ1) is 13.9. The minimum Gasteiger partial charge on any atom is -0.452 e. The van der Waals surface area contributed by atoms with Gasteiger partial charge in [-0.2, -0.15) is 4.98 Å². The highest BCUT2D eigenvalue weighted by Crippen LogP contribution is 2.24. The van der Waals surface area contributed by atoms with Crippen molar-refractivity contribution >= 4 is 35.2 Å². The number of amides is 1. The standard InChI is InChI=1S/C20H18ClN3O4S/c1-24(2)18(25)12-29-16-6-4-3-5-15(16)20(26)27-11-17-22-19(23-28-17)13-7-9-14(21)10-8-13/h3-10H,11-12H2,1-2H3. The molecule has 0 aliphatic carbocycles. The lowest BCUT2D eigenvalue weighted by molar-refractivity contribution is -0.125. The van der Waals surface area contributed by atoms with Crippen LogP contribution >= 0.6 is 23.4 Å². The third-order valence-electron chi connectivity index (χ3n) is 3.85. The van der Waals surface area contributed by atoms with Gasteiger partial charge in [-0.3, -0.25) is 4.79 Å². The Kier molecular flexibility index (Phi) is 6.90. The third-order valence-corrected chi connectivity index (χ3v) is 5.16. The predicted octanol–water partition coefficient (Wildman–Crippen LogP) is 3.93. The first kappa shape index (κ1) is 20.9. The Labute approximate surface area is 177 Å². The first-order valence-corrected chi connectivity index (χ1v) is 9.98. The molecule has 1 heterocycles. The Morgan fingerprint density at radius 3 is 2.59 bits per heavy atom. The number of ether oxygens (including phenoxy) is 1. The topological polar surface area (TPSA) is 85.5 Å². The molecule has 1 amide bonds. The molecule has 3 rings (SSSR count). The second kappa shape index (κ2) is 9.58. The van der Waals surface area contributed by atoms with Crippen molar-refractivity contribution < 1.29 is 18.8 Å². The number of aromatic nitrogens is 2. The van der Waals surface area contributed by atoms with Gasteiger partial charge in [-0.15, -0.1) is 11.8 Å². The molecule has 7 nitrogen and oxygen atoms in total. The van der Waals surface area contributed by atoms with E-state index in [1.165, 1.54) is 16.7 Å². The van der Waals surface area contributed by atoms with Crippen LogP contribution in [0.3, 0.4) is 0 Å². The van der Waals surface area contributed by atoms with Crippen LogP contribution in [0.5, 0.6) is 0 Å². The van der Waals surface area contributed by atoms with Crippen LogP contribution in [0.25, 0.3) is 11.4 Å². The van der Waals surface area contributed by atoms with Crippen LogP contribution in [-0.4, -0.2) is 46.8 Å². The fourth-order valence-corrected chi connectivity index (χ4v) is 3.41. The number of hydrogen-bond acceptors (Lipinski definition) is 7. The summed E-state index contributed by atoms with van der Waals surface area (Å²) in [5.74, 6) is 0.211. The molecule has 0 N–H and O–H groups in total. The molecular formula is C20H18ClN3O4S. The first-order valence-electron chi connectivity index (χ1n) is 8.61. The van der Waals surface area contributed by atoms with Gasteiger partial charge >= 0.3 is 5.97 Å². The predicted molar refractivity (Wildman–Crippen MR) is 110 cm³/mol. The van der Waals surface area contributed by atoms with Crippen molar-refractivity contribution in [2.45, 2.75) is 11.5 Å². The maximum atomic E-state index is 12.5. The Hall–Kier alpha value is -2.84. The summed E-state index contributed by atoms with van der Waals surface area (Å²) >= 11 is 7.15. The summed E-state index contributed by atoms with van der Waals surface area (Å²) in [4.78, 5) is 30.7. The summed E-state index contributed by atoms with van der Waals surface area (Å²) < 4.78 is 10.5. The summed E-state index contributed by atoms with van der Waals surface area (Å²) in [6, 6.07) is 13.9. The van der Waals surface area contributed by atoms with E-state index in [0.717, 1.165) is 5.56 Å². The fraction of sp³-hybridized carbons (Fsp3) is 0.200. The SMILES string of the molecule is CN(C)C(=O)CSc1ccccc1C(=O)OCc1nc(-c2ccc(Cl)cc2)no1. The van der Waals surface area contributed by atoms with E-state index in [2.05, 4.69) is 10.1 Å². The van der Waals surface area contributed by atoms with Gasteiger partial charge in [0.25, 0.3) is 5.89 Å². The van der Waals surface area contributed by atoms with E-state index < -0.39 is 5.97 Å². The second-order valence-electron chi connectivity index (χ2n) is 6.17. The minimum atomic E-state index is -0.531. The number of benzene rings is 2. The number of rotatable bonds is 7. The Bertz CT molecular complexity index is 1000. The molecule has 9 heteroatoms. The van der Waals surface area contributed by atoms with Crippen LogP contribution in [0.15, 0.2) is 57.9 Å². The van der Waals surface area contributed by atoms with Crippen LogP contribution in [0.4, 0.5) is 0 Å². The quantitative estimate of drug-likeness (QED) is 0.414. The maximum Gasteiger partial charge on any atom is 0.339 e. The van der Waals surface area contributed by atoms with Gasteiger partial charge in [0, 0.05) is 29.6 Å². The third kappa shape index (κ3) is 5.58. The smallest absolute Gasteiger partial charge is 0.339 e. The normalized spacial score (nSPS) is 10.6. The molecule has 0 saturated carbocycles. The van der Waals surface area contributed by atoms with Gasteiger partial charge in [-0.1, -0.05) is 28.9 Å². The van der Waals surface area contributed by atoms with Crippen LogP contribution in [0.2, 0.25) is 5.02 Å². The molecule has 3 aromatic rings. The number of nitrogens with zero attached hydrogens (tertiary/aromatic N) is 3. The molecule has 2 aromatic carbocycles. The van der Waals surface area contributed by atoms with Crippen molar-refractivity contribution in [3.05, 3.63) is 65.0 Å². The lowest BCUT2D eigenvalue weighted by Gasteiger charge is -2.11. The molecule has 0 atom stereocenters. The van der Waals surface area contributed by atoms with Crippen molar-refractivity contribution in [3.8, 4) is 11.4 Å². The lowest BCUT2D eigenvalue weighted by atomic mass is 10.2. The molecule has 0 unspecified atom stereocenters. The lowest BCUT2D eigenvalue weighted by Crippen LogP contribution is -2.23. The van der Waals surface area contributed by atoms with Crippen molar-refractivity contribution in [2.24, 2.45) is 0 Å². The molecule has 0 aliphatic heterocycles. The highest BCUT2D eigenvalue weighted by atomic mass is 35.5. The average molecular weight is 432 g/mol. The van der Waals surface area contributed by atoms with E-state index in [9.17, 15) is 9.59 Å². The van der Waals surface area contributed by atoms with E-state index in [0.29, 0.717) is 21.3 Å². The average Bonchev–Trinajstić information content (AvgIpc) is 3.20. The van der Waals surface area contributed by atoms with Crippen LogP contribution in [0, 0.1) is 0 Å². The van der Waals surface area contributed by atoms with Gasteiger partial charge in [-0.05, 0) is 36.4 Å². The maximum absolute atomic E-state index is 12.5. The molecule has 0 aliphatic rings. The van der Waals surface area contributed by atoms with Gasteiger partial charge in [0.05, 0.1) is 11.3 Å². The van der Waals surface area contributed by atoms with E-state index in [1.807, 2.05) is 0 Å². The van der Waals surface area contributed by atoms with E-state index >= 15 is 0 Å². The number of halogens is 1. The Balaban J connectivity index is 1.63. The largest absolute Gasteiger partial charge is 0.452 e. The van der Waals surface area contributed by atoms with Crippen molar-refractivity contribution in [3.63, 3.8) is 0 Å². The van der Waals surface area contributed by atoms with Gasteiger partial charge in [-0.25, -0.2) is 4.79 Å². The number of hydrogen-bond donors (Lipinski definition) is 0. The van der Waals surface area contributed by atoms with Crippen molar-refractivity contribution in [1.29, 1.82) is 0 Å². The molecule has 1 aromatic heterocycles. The molecule has 0 fully saturated rings. The minimum absolute atomic E-state index is 0.0428. The Morgan fingerprint density at radius 1 is 1.14 bits per heavy atom. The summed E-state index contributed by atoms with van der Waals surface area (Å²) in [5.41, 5.74) is 1.12. The summed E-state index contributed by atoms with van der Waals surface area (Å²) in [6.45, 7) is -0.158. The molecule has 0 bridgehead atoms. The Morgan fingerprint density at radius 2 is 1.86 bits per heavy atom. The molecule has 29 heavy (non-hydrogen) atoms. The number of carbonyl (C=O) groups excluding carboxylic acids is 2. The zero-order chi connectivity index (χ0) is 20.8. The molecule has 0 spiro atoms. The highest BCUT2D eigenvalue weighted by Gasteiger charge is 2.16. The van der Waals surface area contributed by atoms with Crippen LogP contribution in [0.1, 0.15) is 16.2 Å². The fourth-order valence-electron chi connectivity index (χ4n) is 2.26. The highest BCUT2D eigenvalue weighted by molar-refractivity contribution is 8.00. The van der Waals surface area contributed by atoms with E-state index in [-0.39, 0.29) is 24.2 Å². The van der Waals surface area contributed by atoms with Crippen LogP contribution < -0.4 is 0 Å². The molecule has 150 valence electrons. The monoisotopic (exact) mass is 431 g/mol. The van der Waals surface area contributed by atoms with Crippen LogP contribution in [-0.2, 0) is 16.1 Å². The molecule has 0 radical (unpaired) electrons. The van der Waals surface area contributed by atoms with Crippen molar-refractivity contribution in [1.82, 2.24) is 15.0 Å². The van der Waals surface area contributed by atoms with Gasteiger partial charge in [0.1, 0.15) is 0 Å². The molecular weight excluding hydrogens is 414 g/mol. The number of thioether (sulfide) groups is 1. The number of esters is 1. The van der Waals surface area contributed by atoms with Gasteiger partial charge in [0.2, 0.25) is 11.7 Å². The van der Waals surface area contributed by atoms with E-state index in [1.54, 1.807) is 62.6 Å². The summed E-state index contributed by atoms with van der Waals surface area (Å²) in [7, 11) is 3.37. The van der Waals surface area contributed by atoms with E-state index in [4.69, 9.17) is 20.9 Å². The zero-order valence-corrected chi connectivity index (χ0v) is 17.4. The van der Waals surface area contributed by atoms with Crippen molar-refractivity contribution in [2.75, 3.05) is 19.8 Å².